The molecule has 0 spiro atoms. The molecule has 0 bridgehead atoms. The molecule has 1 N–H and O–H groups in total. The molecule has 0 amide bonds. The summed E-state index contributed by atoms with van der Waals surface area (Å²) in [4.78, 5) is 2.13. The molecule has 2 heterocycles. The summed E-state index contributed by atoms with van der Waals surface area (Å²) in [6.45, 7) is 2.66. The second-order valence-corrected chi connectivity index (χ2v) is 9.93. The van der Waals surface area contributed by atoms with Gasteiger partial charge in [0.15, 0.2) is 19.7 Å². The molecule has 1 atom stereocenters. The average Bonchev–Trinajstić information content (AvgIpc) is 2.47. The van der Waals surface area contributed by atoms with Crippen LogP contribution in [0.2, 0.25) is 0 Å². The van der Waals surface area contributed by atoms with Crippen molar-refractivity contribution in [3.05, 3.63) is 0 Å². The molecule has 8 heteroatoms. The molecule has 6 nitrogen and oxygen atoms in total. The van der Waals surface area contributed by atoms with E-state index < -0.39 is 19.7 Å². The van der Waals surface area contributed by atoms with Gasteiger partial charge in [0.25, 0.3) is 0 Å². The Labute approximate surface area is 115 Å². The van der Waals surface area contributed by atoms with Crippen LogP contribution >= 0.6 is 0 Å². The van der Waals surface area contributed by atoms with E-state index >= 15 is 0 Å². The van der Waals surface area contributed by atoms with E-state index in [2.05, 4.69) is 10.2 Å². The van der Waals surface area contributed by atoms with Crippen LogP contribution in [0.5, 0.6) is 0 Å². The van der Waals surface area contributed by atoms with Gasteiger partial charge in [-0.1, -0.05) is 0 Å². The Balaban J connectivity index is 1.79. The third kappa shape index (κ3) is 5.02. The summed E-state index contributed by atoms with van der Waals surface area (Å²) in [5, 5.41) is 3.22. The minimum atomic E-state index is -2.89. The fourth-order valence-electron chi connectivity index (χ4n) is 2.60. The van der Waals surface area contributed by atoms with E-state index in [1.807, 2.05) is 0 Å². The van der Waals surface area contributed by atoms with Crippen molar-refractivity contribution in [3.63, 3.8) is 0 Å². The highest BCUT2D eigenvalue weighted by molar-refractivity contribution is 7.91. The maximum atomic E-state index is 11.5. The SMILES string of the molecule is O=S1(=O)CCCN(CCC2CS(=O)(=O)CCN2)CC1. The van der Waals surface area contributed by atoms with E-state index in [1.54, 1.807) is 0 Å². The van der Waals surface area contributed by atoms with E-state index in [0.29, 0.717) is 19.5 Å². The van der Waals surface area contributed by atoms with E-state index in [-0.39, 0.29) is 29.1 Å². The molecule has 0 aromatic heterocycles. The third-order valence-electron chi connectivity index (χ3n) is 3.74. The Morgan fingerprint density at radius 1 is 1.00 bits per heavy atom. The highest BCUT2D eigenvalue weighted by Gasteiger charge is 2.25. The molecule has 2 fully saturated rings. The highest BCUT2D eigenvalue weighted by atomic mass is 32.2. The van der Waals surface area contributed by atoms with Crippen LogP contribution in [0.4, 0.5) is 0 Å². The van der Waals surface area contributed by atoms with E-state index in [1.165, 1.54) is 0 Å². The lowest BCUT2D eigenvalue weighted by molar-refractivity contribution is 0.277. The molecule has 2 aliphatic rings. The third-order valence-corrected chi connectivity index (χ3v) is 7.19. The maximum absolute atomic E-state index is 11.5. The van der Waals surface area contributed by atoms with E-state index in [4.69, 9.17) is 0 Å². The summed E-state index contributed by atoms with van der Waals surface area (Å²) >= 11 is 0. The zero-order chi connectivity index (χ0) is 13.9. The number of nitrogens with zero attached hydrogens (tertiary/aromatic N) is 1. The summed E-state index contributed by atoms with van der Waals surface area (Å²) in [5.74, 6) is 0.938. The van der Waals surface area contributed by atoms with Gasteiger partial charge >= 0.3 is 0 Å². The number of rotatable bonds is 3. The summed E-state index contributed by atoms with van der Waals surface area (Å²) in [7, 11) is -5.75. The van der Waals surface area contributed by atoms with Gasteiger partial charge in [-0.3, -0.25) is 0 Å². The minimum Gasteiger partial charge on any atom is -0.312 e. The summed E-state index contributed by atoms with van der Waals surface area (Å²) < 4.78 is 46.0. The van der Waals surface area contributed by atoms with Gasteiger partial charge in [0.05, 0.1) is 23.0 Å². The number of nitrogens with one attached hydrogen (secondary N) is 1. The molecular weight excluding hydrogens is 288 g/mol. The van der Waals surface area contributed by atoms with Crippen molar-refractivity contribution in [2.45, 2.75) is 18.9 Å². The second-order valence-electron chi connectivity index (χ2n) is 5.40. The zero-order valence-electron chi connectivity index (χ0n) is 11.0. The lowest BCUT2D eigenvalue weighted by atomic mass is 10.2. The van der Waals surface area contributed by atoms with Crippen LogP contribution in [0.15, 0.2) is 0 Å². The van der Waals surface area contributed by atoms with Crippen LogP contribution in [0.25, 0.3) is 0 Å². The molecule has 0 aliphatic carbocycles. The minimum absolute atomic E-state index is 0.0126. The second kappa shape index (κ2) is 6.07. The Morgan fingerprint density at radius 3 is 2.53 bits per heavy atom. The van der Waals surface area contributed by atoms with Gasteiger partial charge in [-0.15, -0.1) is 0 Å². The molecule has 19 heavy (non-hydrogen) atoms. The summed E-state index contributed by atoms with van der Waals surface area (Å²) in [6, 6.07) is 0.0126. The van der Waals surface area contributed by atoms with Gasteiger partial charge in [-0.2, -0.15) is 0 Å². The van der Waals surface area contributed by atoms with Crippen molar-refractivity contribution in [3.8, 4) is 0 Å². The van der Waals surface area contributed by atoms with Crippen molar-refractivity contribution < 1.29 is 16.8 Å². The number of sulfone groups is 2. The molecule has 0 aromatic carbocycles. The van der Waals surface area contributed by atoms with Crippen LogP contribution in [0.1, 0.15) is 12.8 Å². The van der Waals surface area contributed by atoms with Gasteiger partial charge in [0.2, 0.25) is 0 Å². The van der Waals surface area contributed by atoms with Crippen LogP contribution in [0, 0.1) is 0 Å². The van der Waals surface area contributed by atoms with E-state index in [9.17, 15) is 16.8 Å². The fourth-order valence-corrected chi connectivity index (χ4v) is 5.41. The largest absolute Gasteiger partial charge is 0.312 e. The van der Waals surface area contributed by atoms with Crippen molar-refractivity contribution in [1.82, 2.24) is 10.2 Å². The summed E-state index contributed by atoms with van der Waals surface area (Å²) in [5.41, 5.74) is 0. The predicted molar refractivity (Wildman–Crippen MR) is 74.8 cm³/mol. The molecule has 1 unspecified atom stereocenters. The van der Waals surface area contributed by atoms with Gasteiger partial charge in [0.1, 0.15) is 0 Å². The molecule has 112 valence electrons. The highest BCUT2D eigenvalue weighted by Crippen LogP contribution is 2.09. The topological polar surface area (TPSA) is 83.6 Å². The lowest BCUT2D eigenvalue weighted by Gasteiger charge is -2.26. The van der Waals surface area contributed by atoms with Crippen molar-refractivity contribution in [1.29, 1.82) is 0 Å². The lowest BCUT2D eigenvalue weighted by Crippen LogP contribution is -2.46. The van der Waals surface area contributed by atoms with Crippen LogP contribution < -0.4 is 5.32 Å². The number of hydrogen-bond acceptors (Lipinski definition) is 6. The van der Waals surface area contributed by atoms with E-state index in [0.717, 1.165) is 19.5 Å². The van der Waals surface area contributed by atoms with Crippen molar-refractivity contribution in [2.24, 2.45) is 0 Å². The molecule has 2 rings (SSSR count). The summed E-state index contributed by atoms with van der Waals surface area (Å²) in [6.07, 6.45) is 1.44. The predicted octanol–water partition coefficient (Wildman–Crippen LogP) is -1.12. The van der Waals surface area contributed by atoms with Gasteiger partial charge in [-0.25, -0.2) is 16.8 Å². The molecule has 2 aliphatic heterocycles. The number of hydrogen-bond donors (Lipinski definition) is 1. The molecule has 2 saturated heterocycles. The Morgan fingerprint density at radius 2 is 1.79 bits per heavy atom. The van der Waals surface area contributed by atoms with Crippen molar-refractivity contribution >= 4 is 19.7 Å². The first kappa shape index (κ1) is 15.2. The molecule has 0 saturated carbocycles. The van der Waals surface area contributed by atoms with Gasteiger partial charge in [-0.05, 0) is 25.9 Å². The Bertz CT molecular complexity index is 501. The van der Waals surface area contributed by atoms with Crippen molar-refractivity contribution in [2.75, 3.05) is 49.2 Å². The normalized spacial score (nSPS) is 31.7. The molecule has 0 aromatic rings. The first-order valence-electron chi connectivity index (χ1n) is 6.73. The van der Waals surface area contributed by atoms with Gasteiger partial charge in [0, 0.05) is 19.1 Å². The molecular formula is C11H22N2O4S2. The zero-order valence-corrected chi connectivity index (χ0v) is 12.7. The smallest absolute Gasteiger partial charge is 0.153 e. The Hall–Kier alpha value is -0.180. The van der Waals surface area contributed by atoms with Crippen LogP contribution in [-0.2, 0) is 19.7 Å². The first-order chi connectivity index (χ1) is 8.86. The van der Waals surface area contributed by atoms with Gasteiger partial charge < -0.3 is 10.2 Å². The standard InChI is InChI=1S/C11H22N2O4S2/c14-18(15)7-1-4-13(6-9-18)5-2-11-10-19(16,17)8-3-12-11/h11-12H,1-10H2. The Kier molecular flexibility index (Phi) is 4.86. The quantitative estimate of drug-likeness (QED) is 0.711. The van der Waals surface area contributed by atoms with Crippen LogP contribution in [0.3, 0.4) is 0 Å². The molecule has 0 radical (unpaired) electrons. The monoisotopic (exact) mass is 310 g/mol. The first-order valence-corrected chi connectivity index (χ1v) is 10.4. The average molecular weight is 310 g/mol. The fraction of sp³-hybridized carbons (Fsp3) is 1.00. The van der Waals surface area contributed by atoms with Crippen LogP contribution in [-0.4, -0.2) is 77.0 Å². The maximum Gasteiger partial charge on any atom is 0.153 e.